The topological polar surface area (TPSA) is 54.8 Å². The lowest BCUT2D eigenvalue weighted by Crippen LogP contribution is -2.25. The van der Waals surface area contributed by atoms with Crippen LogP contribution in [0.3, 0.4) is 0 Å². The molecule has 1 amide bonds. The number of aliphatic imine (C=N–C) groups is 1. The molecule has 5 nitrogen and oxygen atoms in total. The van der Waals surface area contributed by atoms with Crippen molar-refractivity contribution in [2.75, 3.05) is 12.0 Å². The fourth-order valence-corrected chi connectivity index (χ4v) is 3.36. The van der Waals surface area contributed by atoms with Gasteiger partial charge in [0.15, 0.2) is 0 Å². The first-order valence-electron chi connectivity index (χ1n) is 8.16. The van der Waals surface area contributed by atoms with Crippen molar-refractivity contribution >= 4 is 63.5 Å². The summed E-state index contributed by atoms with van der Waals surface area (Å²) < 4.78 is 5.09. The number of ether oxygens (including phenoxy) is 1. The lowest BCUT2D eigenvalue weighted by Gasteiger charge is -2.16. The summed E-state index contributed by atoms with van der Waals surface area (Å²) in [6.45, 7) is 0. The van der Waals surface area contributed by atoms with E-state index >= 15 is 0 Å². The van der Waals surface area contributed by atoms with E-state index in [-0.39, 0.29) is 11.6 Å². The van der Waals surface area contributed by atoms with E-state index in [4.69, 9.17) is 39.5 Å². The molecule has 8 heteroatoms. The number of carbonyl (C=O) groups is 1. The summed E-state index contributed by atoms with van der Waals surface area (Å²) in [6.07, 6.45) is 1.57. The quantitative estimate of drug-likeness (QED) is 0.522. The number of hydrogen-bond acceptors (Lipinski definition) is 4. The largest absolute Gasteiger partial charge is 0.481 e. The number of benzene rings is 2. The Morgan fingerprint density at radius 2 is 1.82 bits per heavy atom. The first-order chi connectivity index (χ1) is 13.5. The van der Waals surface area contributed by atoms with Gasteiger partial charge in [-0.25, -0.2) is 9.98 Å². The van der Waals surface area contributed by atoms with Crippen LogP contribution in [0.25, 0.3) is 0 Å². The van der Waals surface area contributed by atoms with Gasteiger partial charge in [-0.1, -0.05) is 34.8 Å². The maximum absolute atomic E-state index is 13.2. The van der Waals surface area contributed by atoms with Gasteiger partial charge in [-0.15, -0.1) is 0 Å². The minimum absolute atomic E-state index is 0.256. The maximum atomic E-state index is 13.2. The van der Waals surface area contributed by atoms with E-state index in [1.54, 1.807) is 54.7 Å². The predicted molar refractivity (Wildman–Crippen MR) is 112 cm³/mol. The Kier molecular flexibility index (Phi) is 4.98. The summed E-state index contributed by atoms with van der Waals surface area (Å²) >= 11 is 18.2. The summed E-state index contributed by atoms with van der Waals surface area (Å²) in [4.78, 5) is 23.4. The molecular formula is C20H12Cl3N3O2. The first kappa shape index (κ1) is 18.7. The summed E-state index contributed by atoms with van der Waals surface area (Å²) in [5, 5.41) is 1.28. The number of methoxy groups -OCH3 is 1. The van der Waals surface area contributed by atoms with Crippen molar-refractivity contribution in [3.8, 4) is 5.88 Å². The molecular weight excluding hydrogens is 421 g/mol. The number of amides is 1. The number of aromatic nitrogens is 1. The third kappa shape index (κ3) is 3.33. The molecule has 0 N–H and O–H groups in total. The van der Waals surface area contributed by atoms with Crippen molar-refractivity contribution in [2.45, 2.75) is 0 Å². The van der Waals surface area contributed by atoms with Crippen LogP contribution in [0.1, 0.15) is 5.56 Å². The Morgan fingerprint density at radius 3 is 2.50 bits per heavy atom. The molecule has 1 aliphatic heterocycles. The fraction of sp³-hybridized carbons (Fsp3) is 0.0500. The Morgan fingerprint density at radius 1 is 1.00 bits per heavy atom. The molecule has 0 unspecified atom stereocenters. The van der Waals surface area contributed by atoms with Gasteiger partial charge in [0.1, 0.15) is 5.71 Å². The van der Waals surface area contributed by atoms with Gasteiger partial charge in [0.2, 0.25) is 5.88 Å². The molecule has 2 aromatic carbocycles. The Labute approximate surface area is 176 Å². The van der Waals surface area contributed by atoms with E-state index in [0.29, 0.717) is 43.6 Å². The van der Waals surface area contributed by atoms with Gasteiger partial charge in [0, 0.05) is 16.7 Å². The molecule has 0 saturated carbocycles. The number of halogens is 3. The lowest BCUT2D eigenvalue weighted by molar-refractivity contribution is -0.111. The van der Waals surface area contributed by atoms with E-state index in [9.17, 15) is 4.79 Å². The van der Waals surface area contributed by atoms with Crippen molar-refractivity contribution in [1.82, 2.24) is 4.98 Å². The number of hydrogen-bond donors (Lipinski definition) is 0. The van der Waals surface area contributed by atoms with Crippen molar-refractivity contribution < 1.29 is 9.53 Å². The highest BCUT2D eigenvalue weighted by Crippen LogP contribution is 2.38. The molecule has 140 valence electrons. The van der Waals surface area contributed by atoms with Crippen LogP contribution in [-0.4, -0.2) is 23.7 Å². The molecule has 28 heavy (non-hydrogen) atoms. The zero-order valence-electron chi connectivity index (χ0n) is 14.5. The molecule has 3 aromatic rings. The molecule has 2 heterocycles. The van der Waals surface area contributed by atoms with Crippen LogP contribution < -0.4 is 9.64 Å². The lowest BCUT2D eigenvalue weighted by atomic mass is 10.1. The third-order valence-electron chi connectivity index (χ3n) is 4.19. The van der Waals surface area contributed by atoms with Crippen molar-refractivity contribution in [3.05, 3.63) is 75.4 Å². The van der Waals surface area contributed by atoms with Crippen LogP contribution in [0.15, 0.2) is 59.7 Å². The average molecular weight is 433 g/mol. The number of nitrogens with zero attached hydrogens (tertiary/aromatic N) is 3. The number of pyridine rings is 1. The van der Waals surface area contributed by atoms with E-state index in [0.717, 1.165) is 0 Å². The van der Waals surface area contributed by atoms with E-state index in [1.807, 2.05) is 0 Å². The van der Waals surface area contributed by atoms with Gasteiger partial charge in [-0.3, -0.25) is 9.69 Å². The SMILES string of the molecule is COc1ccc(N2C(=O)C(=Nc3ccc(Cl)c(Cl)c3)c3cc(Cl)ccc32)cn1. The molecule has 1 aromatic heterocycles. The Balaban J connectivity index is 1.84. The molecule has 1 aliphatic rings. The zero-order chi connectivity index (χ0) is 19.8. The van der Waals surface area contributed by atoms with Gasteiger partial charge < -0.3 is 4.74 Å². The van der Waals surface area contributed by atoms with E-state index < -0.39 is 0 Å². The molecule has 0 fully saturated rings. The third-order valence-corrected chi connectivity index (χ3v) is 5.17. The maximum Gasteiger partial charge on any atom is 0.282 e. The van der Waals surface area contributed by atoms with Crippen LogP contribution in [0.5, 0.6) is 5.88 Å². The van der Waals surface area contributed by atoms with Crippen molar-refractivity contribution in [2.24, 2.45) is 4.99 Å². The van der Waals surface area contributed by atoms with Crippen LogP contribution in [0.2, 0.25) is 15.1 Å². The molecule has 0 bridgehead atoms. The zero-order valence-corrected chi connectivity index (χ0v) is 16.8. The van der Waals surface area contributed by atoms with Gasteiger partial charge in [0.25, 0.3) is 5.91 Å². The highest BCUT2D eigenvalue weighted by molar-refractivity contribution is 6.56. The Bertz CT molecular complexity index is 1110. The fourth-order valence-electron chi connectivity index (χ4n) is 2.90. The molecule has 4 rings (SSSR count). The molecule has 0 spiro atoms. The number of fused-ring (bicyclic) bond motifs is 1. The van der Waals surface area contributed by atoms with Crippen LogP contribution in [0, 0.1) is 0 Å². The molecule has 0 atom stereocenters. The molecule has 0 saturated heterocycles. The summed E-state index contributed by atoms with van der Waals surface area (Å²) in [5.74, 6) is 0.159. The summed E-state index contributed by atoms with van der Waals surface area (Å²) in [5.41, 5.74) is 2.65. The molecule has 0 aliphatic carbocycles. The smallest absolute Gasteiger partial charge is 0.282 e. The average Bonchev–Trinajstić information content (AvgIpc) is 2.96. The second-order valence-electron chi connectivity index (χ2n) is 5.92. The van der Waals surface area contributed by atoms with Gasteiger partial charge in [-0.2, -0.15) is 0 Å². The van der Waals surface area contributed by atoms with Crippen LogP contribution >= 0.6 is 34.8 Å². The van der Waals surface area contributed by atoms with Gasteiger partial charge >= 0.3 is 0 Å². The van der Waals surface area contributed by atoms with Crippen LogP contribution in [-0.2, 0) is 4.79 Å². The standard InChI is InChI=1S/C20H12Cl3N3O2/c1-28-18-7-4-13(10-24-18)26-17-6-2-11(21)8-14(17)19(20(26)27)25-12-3-5-15(22)16(23)9-12/h2-10H,1H3. The second kappa shape index (κ2) is 7.43. The van der Waals surface area contributed by atoms with Gasteiger partial charge in [0.05, 0.1) is 40.4 Å². The van der Waals surface area contributed by atoms with E-state index in [2.05, 4.69) is 9.98 Å². The van der Waals surface area contributed by atoms with Gasteiger partial charge in [-0.05, 0) is 42.5 Å². The number of anilines is 2. The highest BCUT2D eigenvalue weighted by Gasteiger charge is 2.35. The first-order valence-corrected chi connectivity index (χ1v) is 9.29. The minimum atomic E-state index is -0.296. The Hall–Kier alpha value is -2.60. The van der Waals surface area contributed by atoms with Crippen LogP contribution in [0.4, 0.5) is 17.1 Å². The summed E-state index contributed by atoms with van der Waals surface area (Å²) in [7, 11) is 1.53. The number of rotatable bonds is 3. The number of carbonyl (C=O) groups excluding carboxylic acids is 1. The highest BCUT2D eigenvalue weighted by atomic mass is 35.5. The second-order valence-corrected chi connectivity index (χ2v) is 7.17. The molecule has 0 radical (unpaired) electrons. The van der Waals surface area contributed by atoms with Crippen molar-refractivity contribution in [1.29, 1.82) is 0 Å². The summed E-state index contributed by atoms with van der Waals surface area (Å²) in [6, 6.07) is 13.6. The predicted octanol–water partition coefficient (Wildman–Crippen LogP) is 5.85. The monoisotopic (exact) mass is 431 g/mol. The minimum Gasteiger partial charge on any atom is -0.481 e. The van der Waals surface area contributed by atoms with E-state index in [1.165, 1.54) is 12.0 Å². The van der Waals surface area contributed by atoms with Crippen molar-refractivity contribution in [3.63, 3.8) is 0 Å². The normalized spacial score (nSPS) is 14.5.